The smallest absolute Gasteiger partial charge is 0.179 e. The molecule has 0 N–H and O–H groups in total. The van der Waals surface area contributed by atoms with Crippen LogP contribution in [0.2, 0.25) is 5.02 Å². The molecule has 1 aliphatic rings. The Labute approximate surface area is 189 Å². The standard InChI is InChI=1S/C26H29ClN2O2/c1-18(20-7-5-4-6-8-20)28-13-15-29(16-14-28)19(2)26(30)22-9-11-23-21(17-22)10-12-24(31-3)25(23)27/h4-12,17-19H,13-16H2,1-3H3. The fraction of sp³-hybridized carbons (Fsp3) is 0.346. The van der Waals surface area contributed by atoms with Crippen molar-refractivity contribution in [3.8, 4) is 5.75 Å². The predicted molar refractivity (Wildman–Crippen MR) is 127 cm³/mol. The summed E-state index contributed by atoms with van der Waals surface area (Å²) in [5.74, 6) is 0.794. The van der Waals surface area contributed by atoms with Gasteiger partial charge in [0.2, 0.25) is 0 Å². The van der Waals surface area contributed by atoms with Crippen molar-refractivity contribution in [3.05, 3.63) is 76.8 Å². The van der Waals surface area contributed by atoms with Gasteiger partial charge in [0.15, 0.2) is 5.78 Å². The van der Waals surface area contributed by atoms with Gasteiger partial charge in [-0.2, -0.15) is 0 Å². The Hall–Kier alpha value is -2.40. The molecule has 3 aromatic carbocycles. The topological polar surface area (TPSA) is 32.8 Å². The highest BCUT2D eigenvalue weighted by atomic mass is 35.5. The second-order valence-corrected chi connectivity index (χ2v) is 8.59. The number of benzene rings is 3. The van der Waals surface area contributed by atoms with E-state index in [1.54, 1.807) is 7.11 Å². The number of rotatable bonds is 6. The lowest BCUT2D eigenvalue weighted by atomic mass is 9.99. The molecular weight excluding hydrogens is 408 g/mol. The van der Waals surface area contributed by atoms with Crippen LogP contribution in [-0.4, -0.2) is 54.9 Å². The number of hydrogen-bond acceptors (Lipinski definition) is 4. The SMILES string of the molecule is COc1ccc2cc(C(=O)C(C)N3CCN(C(C)c4ccccc4)CC3)ccc2c1Cl. The quantitative estimate of drug-likeness (QED) is 0.481. The normalized spacial score (nSPS) is 17.4. The maximum Gasteiger partial charge on any atom is 0.179 e. The largest absolute Gasteiger partial charge is 0.495 e. The molecule has 2 atom stereocenters. The number of methoxy groups -OCH3 is 1. The van der Waals surface area contributed by atoms with E-state index in [0.29, 0.717) is 16.8 Å². The van der Waals surface area contributed by atoms with Crippen molar-refractivity contribution in [1.29, 1.82) is 0 Å². The van der Waals surface area contributed by atoms with E-state index < -0.39 is 0 Å². The minimum Gasteiger partial charge on any atom is -0.495 e. The summed E-state index contributed by atoms with van der Waals surface area (Å²) in [7, 11) is 1.60. The number of ketones is 1. The van der Waals surface area contributed by atoms with Crippen LogP contribution in [0.25, 0.3) is 10.8 Å². The zero-order valence-electron chi connectivity index (χ0n) is 18.3. The Morgan fingerprint density at radius 1 is 0.935 bits per heavy atom. The molecule has 3 aromatic rings. The minimum absolute atomic E-state index is 0.151. The molecule has 1 fully saturated rings. The molecule has 0 amide bonds. The average molecular weight is 437 g/mol. The first-order valence-corrected chi connectivity index (χ1v) is 11.2. The van der Waals surface area contributed by atoms with Crippen molar-refractivity contribution in [3.63, 3.8) is 0 Å². The highest BCUT2D eigenvalue weighted by Gasteiger charge is 2.28. The van der Waals surface area contributed by atoms with Crippen LogP contribution >= 0.6 is 11.6 Å². The van der Waals surface area contributed by atoms with Gasteiger partial charge in [0, 0.05) is 43.2 Å². The van der Waals surface area contributed by atoms with Crippen molar-refractivity contribution in [2.24, 2.45) is 0 Å². The summed E-state index contributed by atoms with van der Waals surface area (Å²) in [6.07, 6.45) is 0. The molecular formula is C26H29ClN2O2. The van der Waals surface area contributed by atoms with Crippen LogP contribution in [0.4, 0.5) is 0 Å². The minimum atomic E-state index is -0.152. The van der Waals surface area contributed by atoms with Gasteiger partial charge in [0.25, 0.3) is 0 Å². The van der Waals surface area contributed by atoms with Crippen LogP contribution in [0.5, 0.6) is 5.75 Å². The number of fused-ring (bicyclic) bond motifs is 1. The molecule has 31 heavy (non-hydrogen) atoms. The maximum atomic E-state index is 13.2. The van der Waals surface area contributed by atoms with Crippen LogP contribution in [0.1, 0.15) is 35.8 Å². The molecule has 4 nitrogen and oxygen atoms in total. The highest BCUT2D eigenvalue weighted by molar-refractivity contribution is 6.37. The number of halogens is 1. The van der Waals surface area contributed by atoms with E-state index in [1.165, 1.54) is 5.56 Å². The van der Waals surface area contributed by atoms with Gasteiger partial charge in [-0.05, 0) is 36.9 Å². The first kappa shape index (κ1) is 21.8. The summed E-state index contributed by atoms with van der Waals surface area (Å²) < 4.78 is 5.29. The fourth-order valence-electron chi connectivity index (χ4n) is 4.44. The number of ether oxygens (including phenoxy) is 1. The highest BCUT2D eigenvalue weighted by Crippen LogP contribution is 2.33. The van der Waals surface area contributed by atoms with Crippen LogP contribution < -0.4 is 4.74 Å². The van der Waals surface area contributed by atoms with E-state index in [-0.39, 0.29) is 11.8 Å². The van der Waals surface area contributed by atoms with Crippen LogP contribution in [0.3, 0.4) is 0 Å². The fourth-order valence-corrected chi connectivity index (χ4v) is 4.76. The molecule has 0 radical (unpaired) electrons. The Morgan fingerprint density at radius 2 is 1.61 bits per heavy atom. The number of nitrogens with zero attached hydrogens (tertiary/aromatic N) is 2. The van der Waals surface area contributed by atoms with Gasteiger partial charge < -0.3 is 4.74 Å². The Morgan fingerprint density at radius 3 is 2.29 bits per heavy atom. The van der Waals surface area contributed by atoms with E-state index in [1.807, 2.05) is 37.3 Å². The van der Waals surface area contributed by atoms with E-state index in [9.17, 15) is 4.79 Å². The van der Waals surface area contributed by atoms with Gasteiger partial charge in [-0.1, -0.05) is 60.1 Å². The van der Waals surface area contributed by atoms with Crippen LogP contribution in [-0.2, 0) is 0 Å². The van der Waals surface area contributed by atoms with Gasteiger partial charge in [-0.25, -0.2) is 0 Å². The van der Waals surface area contributed by atoms with Gasteiger partial charge in [-0.15, -0.1) is 0 Å². The number of piperazine rings is 1. The average Bonchev–Trinajstić information content (AvgIpc) is 2.83. The third-order valence-electron chi connectivity index (χ3n) is 6.53. The number of carbonyl (C=O) groups is 1. The second-order valence-electron chi connectivity index (χ2n) is 8.22. The lowest BCUT2D eigenvalue weighted by Crippen LogP contribution is -2.52. The molecule has 0 aliphatic carbocycles. The number of Topliss-reactive ketones (excluding diaryl/α,β-unsaturated/α-hetero) is 1. The first-order valence-electron chi connectivity index (χ1n) is 10.8. The first-order chi connectivity index (χ1) is 15.0. The number of carbonyl (C=O) groups excluding carboxylic acids is 1. The van der Waals surface area contributed by atoms with Gasteiger partial charge in [0.05, 0.1) is 18.2 Å². The lowest BCUT2D eigenvalue weighted by molar-refractivity contribution is 0.0617. The molecule has 162 valence electrons. The molecule has 1 saturated heterocycles. The zero-order valence-corrected chi connectivity index (χ0v) is 19.1. The van der Waals surface area contributed by atoms with Crippen molar-refractivity contribution in [2.75, 3.05) is 33.3 Å². The summed E-state index contributed by atoms with van der Waals surface area (Å²) in [6.45, 7) is 7.97. The molecule has 1 aliphatic heterocycles. The summed E-state index contributed by atoms with van der Waals surface area (Å²) in [4.78, 5) is 18.0. The van der Waals surface area contributed by atoms with Crippen molar-refractivity contribution < 1.29 is 9.53 Å². The Bertz CT molecular complexity index is 1060. The Kier molecular flexibility index (Phi) is 6.61. The molecule has 1 heterocycles. The lowest BCUT2D eigenvalue weighted by Gasteiger charge is -2.40. The summed E-state index contributed by atoms with van der Waals surface area (Å²) in [5, 5.41) is 2.43. The van der Waals surface area contributed by atoms with Gasteiger partial charge in [-0.3, -0.25) is 14.6 Å². The molecule has 0 spiro atoms. The summed E-state index contributed by atoms with van der Waals surface area (Å²) in [6, 6.07) is 20.4. The van der Waals surface area contributed by atoms with Crippen LogP contribution in [0.15, 0.2) is 60.7 Å². The molecule has 0 saturated carbocycles. The second kappa shape index (κ2) is 9.39. The van der Waals surface area contributed by atoms with Crippen molar-refractivity contribution in [1.82, 2.24) is 9.80 Å². The maximum absolute atomic E-state index is 13.2. The molecule has 4 rings (SSSR count). The predicted octanol–water partition coefficient (Wildman–Crippen LogP) is 5.45. The molecule has 0 bridgehead atoms. The van der Waals surface area contributed by atoms with Crippen LogP contribution in [0, 0.1) is 0 Å². The molecule has 2 unspecified atom stereocenters. The monoisotopic (exact) mass is 436 g/mol. The molecule has 0 aromatic heterocycles. The van der Waals surface area contributed by atoms with Crippen molar-refractivity contribution in [2.45, 2.75) is 25.9 Å². The summed E-state index contributed by atoms with van der Waals surface area (Å²) in [5.41, 5.74) is 2.06. The van der Waals surface area contributed by atoms with E-state index in [4.69, 9.17) is 16.3 Å². The van der Waals surface area contributed by atoms with Crippen molar-refractivity contribution >= 4 is 28.2 Å². The zero-order chi connectivity index (χ0) is 22.0. The van der Waals surface area contributed by atoms with E-state index >= 15 is 0 Å². The van der Waals surface area contributed by atoms with E-state index in [2.05, 4.69) is 47.1 Å². The van der Waals surface area contributed by atoms with E-state index in [0.717, 1.165) is 42.5 Å². The van der Waals surface area contributed by atoms with Gasteiger partial charge in [0.1, 0.15) is 5.75 Å². The third kappa shape index (κ3) is 4.47. The molecule has 5 heteroatoms. The number of hydrogen-bond donors (Lipinski definition) is 0. The third-order valence-corrected chi connectivity index (χ3v) is 6.92. The summed E-state index contributed by atoms with van der Waals surface area (Å²) >= 11 is 6.42. The Balaban J connectivity index is 1.43. The van der Waals surface area contributed by atoms with Gasteiger partial charge >= 0.3 is 0 Å².